The van der Waals surface area contributed by atoms with Gasteiger partial charge in [-0.05, 0) is 50.3 Å². The lowest BCUT2D eigenvalue weighted by atomic mass is 10.1. The van der Waals surface area contributed by atoms with E-state index in [-0.39, 0.29) is 11.6 Å². The zero-order chi connectivity index (χ0) is 19.1. The summed E-state index contributed by atoms with van der Waals surface area (Å²) < 4.78 is 4.08. The predicted octanol–water partition coefficient (Wildman–Crippen LogP) is 2.92. The molecule has 2 aromatic heterocycles. The second-order valence-corrected chi connectivity index (χ2v) is 8.24. The number of para-hydroxylation sites is 1. The summed E-state index contributed by atoms with van der Waals surface area (Å²) in [5, 5.41) is 0.740. The first-order valence-electron chi connectivity index (χ1n) is 10.4. The summed E-state index contributed by atoms with van der Waals surface area (Å²) in [5.41, 5.74) is 0.953. The van der Waals surface area contributed by atoms with Crippen LogP contribution in [0.2, 0.25) is 0 Å². The summed E-state index contributed by atoms with van der Waals surface area (Å²) in [6.07, 6.45) is 9.44. The fourth-order valence-electron chi connectivity index (χ4n) is 4.44. The van der Waals surface area contributed by atoms with Crippen molar-refractivity contribution in [2.24, 2.45) is 13.0 Å². The van der Waals surface area contributed by atoms with E-state index in [4.69, 9.17) is 4.98 Å². The maximum atomic E-state index is 13.3. The van der Waals surface area contributed by atoms with Crippen molar-refractivity contribution in [1.29, 1.82) is 0 Å². The first-order valence-corrected chi connectivity index (χ1v) is 10.4. The van der Waals surface area contributed by atoms with Crippen LogP contribution in [0, 0.1) is 5.92 Å². The van der Waals surface area contributed by atoms with Gasteiger partial charge in [-0.3, -0.25) is 14.3 Å². The third-order valence-electron chi connectivity index (χ3n) is 6.23. The van der Waals surface area contributed by atoms with Crippen LogP contribution >= 0.6 is 0 Å². The summed E-state index contributed by atoms with van der Waals surface area (Å²) >= 11 is 0. The van der Waals surface area contributed by atoms with Crippen LogP contribution in [-0.2, 0) is 20.0 Å². The van der Waals surface area contributed by atoms with Gasteiger partial charge in [0.05, 0.1) is 16.9 Å². The van der Waals surface area contributed by atoms with Crippen LogP contribution in [-0.4, -0.2) is 37.1 Å². The lowest BCUT2D eigenvalue weighted by Gasteiger charge is -2.26. The summed E-state index contributed by atoms with van der Waals surface area (Å²) in [4.78, 5) is 25.2. The number of aryl methyl sites for hydroxylation is 1. The van der Waals surface area contributed by atoms with Gasteiger partial charge in [-0.25, -0.2) is 9.97 Å². The minimum Gasteiger partial charge on any atom is -0.338 e. The van der Waals surface area contributed by atoms with Gasteiger partial charge in [-0.2, -0.15) is 0 Å². The average molecular weight is 377 g/mol. The molecule has 1 aliphatic carbocycles. The maximum Gasteiger partial charge on any atom is 0.261 e. The molecule has 0 amide bonds. The molecule has 6 nitrogen and oxygen atoms in total. The summed E-state index contributed by atoms with van der Waals surface area (Å²) in [7, 11) is 2.04. The number of fused-ring (bicyclic) bond motifs is 1. The van der Waals surface area contributed by atoms with E-state index in [0.29, 0.717) is 5.92 Å². The molecule has 1 aromatic carbocycles. The van der Waals surface area contributed by atoms with Crippen molar-refractivity contribution >= 4 is 10.9 Å². The highest BCUT2D eigenvalue weighted by atomic mass is 16.1. The molecule has 0 bridgehead atoms. The fraction of sp³-hybridized carbons (Fsp3) is 0.500. The molecule has 3 aromatic rings. The number of hydrogen-bond donors (Lipinski definition) is 0. The molecule has 0 spiro atoms. The van der Waals surface area contributed by atoms with E-state index in [1.165, 1.54) is 12.8 Å². The second kappa shape index (κ2) is 7.17. The Hall–Kier alpha value is -2.47. The predicted molar refractivity (Wildman–Crippen MR) is 109 cm³/mol. The SMILES string of the molecule is Cn1ccnc1CCN1CCCC1c1nc2ccccc2c(=O)n1CC1CC1. The van der Waals surface area contributed by atoms with Gasteiger partial charge in [0.1, 0.15) is 11.6 Å². The molecule has 1 saturated heterocycles. The molecule has 1 aliphatic heterocycles. The van der Waals surface area contributed by atoms with Crippen LogP contribution in [0.1, 0.15) is 43.4 Å². The molecule has 28 heavy (non-hydrogen) atoms. The van der Waals surface area contributed by atoms with Crippen molar-refractivity contribution in [2.75, 3.05) is 13.1 Å². The Kier molecular flexibility index (Phi) is 4.51. The topological polar surface area (TPSA) is 56.0 Å². The molecule has 1 atom stereocenters. The molecule has 5 rings (SSSR count). The minimum atomic E-state index is 0.128. The van der Waals surface area contributed by atoms with Gasteiger partial charge in [-0.1, -0.05) is 12.1 Å². The van der Waals surface area contributed by atoms with Gasteiger partial charge in [0.2, 0.25) is 0 Å². The van der Waals surface area contributed by atoms with Gasteiger partial charge in [0.25, 0.3) is 5.56 Å². The van der Waals surface area contributed by atoms with Crippen molar-refractivity contribution < 1.29 is 0 Å². The van der Waals surface area contributed by atoms with E-state index in [0.717, 1.165) is 61.4 Å². The van der Waals surface area contributed by atoms with E-state index in [1.54, 1.807) is 0 Å². The Morgan fingerprint density at radius 2 is 2.04 bits per heavy atom. The van der Waals surface area contributed by atoms with Crippen LogP contribution in [0.3, 0.4) is 0 Å². The second-order valence-electron chi connectivity index (χ2n) is 8.24. The van der Waals surface area contributed by atoms with Crippen LogP contribution in [0.5, 0.6) is 0 Å². The monoisotopic (exact) mass is 377 g/mol. The lowest BCUT2D eigenvalue weighted by molar-refractivity contribution is 0.241. The number of imidazole rings is 1. The number of nitrogens with zero attached hydrogens (tertiary/aromatic N) is 5. The number of hydrogen-bond acceptors (Lipinski definition) is 4. The van der Waals surface area contributed by atoms with Crippen molar-refractivity contribution in [3.63, 3.8) is 0 Å². The van der Waals surface area contributed by atoms with E-state index in [1.807, 2.05) is 48.3 Å². The summed E-state index contributed by atoms with van der Waals surface area (Å²) in [6.45, 7) is 2.82. The molecule has 0 radical (unpaired) electrons. The van der Waals surface area contributed by atoms with E-state index in [2.05, 4.69) is 14.5 Å². The third-order valence-corrected chi connectivity index (χ3v) is 6.23. The number of aromatic nitrogens is 4. The van der Waals surface area contributed by atoms with Gasteiger partial charge in [0.15, 0.2) is 0 Å². The number of rotatable bonds is 6. The molecule has 6 heteroatoms. The largest absolute Gasteiger partial charge is 0.338 e. The first kappa shape index (κ1) is 17.6. The van der Waals surface area contributed by atoms with Crippen LogP contribution in [0.25, 0.3) is 10.9 Å². The molecule has 1 unspecified atom stereocenters. The molecule has 2 aliphatic rings. The molecule has 3 heterocycles. The zero-order valence-corrected chi connectivity index (χ0v) is 16.4. The van der Waals surface area contributed by atoms with E-state index in [9.17, 15) is 4.79 Å². The summed E-state index contributed by atoms with van der Waals surface area (Å²) in [6, 6.07) is 8.00. The Balaban J connectivity index is 1.49. The third kappa shape index (κ3) is 3.26. The molecule has 146 valence electrons. The van der Waals surface area contributed by atoms with Crippen molar-refractivity contribution in [3.05, 3.63) is 58.7 Å². The minimum absolute atomic E-state index is 0.128. The van der Waals surface area contributed by atoms with Crippen LogP contribution in [0.4, 0.5) is 0 Å². The molecular formula is C22H27N5O. The Morgan fingerprint density at radius 1 is 1.18 bits per heavy atom. The first-order chi connectivity index (χ1) is 13.7. The van der Waals surface area contributed by atoms with Crippen molar-refractivity contribution in [3.8, 4) is 0 Å². The van der Waals surface area contributed by atoms with Crippen molar-refractivity contribution in [2.45, 2.75) is 44.7 Å². The maximum absolute atomic E-state index is 13.3. The highest BCUT2D eigenvalue weighted by Crippen LogP contribution is 2.34. The van der Waals surface area contributed by atoms with Crippen LogP contribution < -0.4 is 5.56 Å². The zero-order valence-electron chi connectivity index (χ0n) is 16.4. The highest BCUT2D eigenvalue weighted by molar-refractivity contribution is 5.77. The fourth-order valence-corrected chi connectivity index (χ4v) is 4.44. The standard InChI is InChI=1S/C22H27N5O/c1-25-14-11-23-20(25)10-13-26-12-4-7-19(26)21-24-18-6-3-2-5-17(18)22(28)27(21)15-16-8-9-16/h2-3,5-6,11,14,16,19H,4,7-10,12-13,15H2,1H3. The van der Waals surface area contributed by atoms with Crippen LogP contribution in [0.15, 0.2) is 41.5 Å². The normalized spacial score (nSPS) is 20.2. The van der Waals surface area contributed by atoms with Gasteiger partial charge < -0.3 is 4.57 Å². The van der Waals surface area contributed by atoms with Gasteiger partial charge in [-0.15, -0.1) is 0 Å². The Labute approximate surface area is 164 Å². The molecule has 2 fully saturated rings. The Morgan fingerprint density at radius 3 is 2.82 bits per heavy atom. The van der Waals surface area contributed by atoms with Gasteiger partial charge >= 0.3 is 0 Å². The highest BCUT2D eigenvalue weighted by Gasteiger charge is 2.32. The molecular weight excluding hydrogens is 350 g/mol. The Bertz CT molecular complexity index is 1050. The van der Waals surface area contributed by atoms with Gasteiger partial charge in [0, 0.05) is 39.0 Å². The van der Waals surface area contributed by atoms with E-state index < -0.39 is 0 Å². The average Bonchev–Trinajstić information content (AvgIpc) is 3.24. The van der Waals surface area contributed by atoms with Crippen molar-refractivity contribution in [1.82, 2.24) is 24.0 Å². The number of likely N-dealkylation sites (tertiary alicyclic amines) is 1. The molecule has 0 N–H and O–H groups in total. The lowest BCUT2D eigenvalue weighted by Crippen LogP contribution is -2.33. The quantitative estimate of drug-likeness (QED) is 0.663. The van der Waals surface area contributed by atoms with E-state index >= 15 is 0 Å². The smallest absolute Gasteiger partial charge is 0.261 e. The summed E-state index contributed by atoms with van der Waals surface area (Å²) in [5.74, 6) is 2.71. The number of benzene rings is 1. The molecule has 1 saturated carbocycles.